The number of hydrogen-bond acceptors (Lipinski definition) is 4. The Kier molecular flexibility index (Phi) is 3.13. The van der Waals surface area contributed by atoms with Crippen LogP contribution in [-0.4, -0.2) is 31.2 Å². The summed E-state index contributed by atoms with van der Waals surface area (Å²) in [4.78, 5) is 6.98. The van der Waals surface area contributed by atoms with Crippen LogP contribution in [0.4, 0.5) is 5.69 Å². The van der Waals surface area contributed by atoms with Crippen LogP contribution in [0, 0.1) is 0 Å². The summed E-state index contributed by atoms with van der Waals surface area (Å²) >= 11 is 0. The van der Waals surface area contributed by atoms with Gasteiger partial charge in [-0.1, -0.05) is 12.1 Å². The molecule has 0 saturated carbocycles. The second kappa shape index (κ2) is 4.92. The maximum absolute atomic E-state index is 5.66. The summed E-state index contributed by atoms with van der Waals surface area (Å²) in [6, 6.07) is 8.49. The Morgan fingerprint density at radius 1 is 1.28 bits per heavy atom. The molecule has 1 fully saturated rings. The van der Waals surface area contributed by atoms with Crippen LogP contribution in [0.25, 0.3) is 10.9 Å². The van der Waals surface area contributed by atoms with Gasteiger partial charge in [0.05, 0.1) is 11.2 Å². The highest BCUT2D eigenvalue weighted by Gasteiger charge is 2.13. The minimum Gasteiger partial charge on any atom is -0.367 e. The lowest BCUT2D eigenvalue weighted by Gasteiger charge is -2.30. The van der Waals surface area contributed by atoms with E-state index in [1.807, 2.05) is 6.20 Å². The van der Waals surface area contributed by atoms with E-state index in [-0.39, 0.29) is 0 Å². The number of benzene rings is 1. The third-order valence-electron chi connectivity index (χ3n) is 3.44. The molecule has 4 nitrogen and oxygen atoms in total. The van der Waals surface area contributed by atoms with Crippen molar-refractivity contribution in [1.29, 1.82) is 0 Å². The van der Waals surface area contributed by atoms with Gasteiger partial charge in [-0.3, -0.25) is 4.98 Å². The first-order chi connectivity index (χ1) is 8.88. The number of pyridine rings is 1. The van der Waals surface area contributed by atoms with Crippen LogP contribution >= 0.6 is 0 Å². The summed E-state index contributed by atoms with van der Waals surface area (Å²) in [5.74, 6) is 0. The first kappa shape index (κ1) is 11.4. The van der Waals surface area contributed by atoms with Crippen LogP contribution in [-0.2, 0) is 6.54 Å². The number of anilines is 1. The van der Waals surface area contributed by atoms with E-state index in [9.17, 15) is 0 Å². The summed E-state index contributed by atoms with van der Waals surface area (Å²) in [5.41, 5.74) is 9.06. The smallest absolute Gasteiger partial charge is 0.0935 e. The monoisotopic (exact) mass is 242 g/mol. The topological polar surface area (TPSA) is 54.2 Å². The second-order valence-electron chi connectivity index (χ2n) is 4.63. The molecule has 94 valence electrons. The first-order valence-electron chi connectivity index (χ1n) is 6.42. The molecule has 0 bridgehead atoms. The fourth-order valence-corrected chi connectivity index (χ4v) is 2.46. The number of para-hydroxylation sites is 1. The molecule has 1 aliphatic rings. The summed E-state index contributed by atoms with van der Waals surface area (Å²) in [7, 11) is 0. The molecule has 2 aromatic rings. The molecule has 3 rings (SSSR count). The molecule has 0 spiro atoms. The number of nitrogens with zero attached hydrogens (tertiary/aromatic N) is 2. The number of hydrogen-bond donors (Lipinski definition) is 2. The summed E-state index contributed by atoms with van der Waals surface area (Å²) < 4.78 is 0. The Labute approximate surface area is 107 Å². The summed E-state index contributed by atoms with van der Waals surface area (Å²) in [6.45, 7) is 4.70. The average molecular weight is 242 g/mol. The highest BCUT2D eigenvalue weighted by atomic mass is 15.2. The van der Waals surface area contributed by atoms with E-state index in [2.05, 4.69) is 39.5 Å². The zero-order valence-electron chi connectivity index (χ0n) is 10.4. The highest BCUT2D eigenvalue weighted by Crippen LogP contribution is 2.25. The van der Waals surface area contributed by atoms with Crippen LogP contribution in [0.15, 0.2) is 30.5 Å². The average Bonchev–Trinajstić information content (AvgIpc) is 2.47. The lowest BCUT2D eigenvalue weighted by atomic mass is 10.1. The van der Waals surface area contributed by atoms with Crippen LogP contribution in [0.5, 0.6) is 0 Å². The lowest BCUT2D eigenvalue weighted by Crippen LogP contribution is -2.43. The van der Waals surface area contributed by atoms with E-state index >= 15 is 0 Å². The van der Waals surface area contributed by atoms with Gasteiger partial charge in [-0.25, -0.2) is 0 Å². The third kappa shape index (κ3) is 2.05. The molecule has 1 aromatic heterocycles. The molecule has 2 heterocycles. The van der Waals surface area contributed by atoms with Gasteiger partial charge in [0.15, 0.2) is 0 Å². The van der Waals surface area contributed by atoms with Gasteiger partial charge in [-0.15, -0.1) is 0 Å². The molecular formula is C14H18N4. The Bertz CT molecular complexity index is 546. The van der Waals surface area contributed by atoms with Crippen LogP contribution in [0.2, 0.25) is 0 Å². The van der Waals surface area contributed by atoms with E-state index in [0.717, 1.165) is 37.3 Å². The molecule has 0 aliphatic carbocycles. The predicted octanol–water partition coefficient (Wildman–Crippen LogP) is 1.10. The SMILES string of the molecule is NCc1cnc2c(N3CCNCC3)cccc2c1. The molecule has 0 unspecified atom stereocenters. The number of piperazine rings is 1. The van der Waals surface area contributed by atoms with Crippen LogP contribution in [0.3, 0.4) is 0 Å². The Balaban J connectivity index is 2.05. The third-order valence-corrected chi connectivity index (χ3v) is 3.44. The van der Waals surface area contributed by atoms with Crippen molar-refractivity contribution in [1.82, 2.24) is 10.3 Å². The number of rotatable bonds is 2. The Hall–Kier alpha value is -1.65. The molecule has 1 saturated heterocycles. The van der Waals surface area contributed by atoms with Crippen molar-refractivity contribution in [3.05, 3.63) is 36.0 Å². The van der Waals surface area contributed by atoms with Gasteiger partial charge in [-0.05, 0) is 17.7 Å². The highest BCUT2D eigenvalue weighted by molar-refractivity contribution is 5.91. The fourth-order valence-electron chi connectivity index (χ4n) is 2.46. The minimum atomic E-state index is 0.542. The van der Waals surface area contributed by atoms with Gasteiger partial charge in [-0.2, -0.15) is 0 Å². The van der Waals surface area contributed by atoms with Gasteiger partial charge >= 0.3 is 0 Å². The van der Waals surface area contributed by atoms with Gasteiger partial charge in [0, 0.05) is 44.3 Å². The molecule has 3 N–H and O–H groups in total. The van der Waals surface area contributed by atoms with E-state index in [0.29, 0.717) is 6.54 Å². The quantitative estimate of drug-likeness (QED) is 0.828. The number of aromatic nitrogens is 1. The normalized spacial score (nSPS) is 16.2. The molecule has 0 atom stereocenters. The van der Waals surface area contributed by atoms with Gasteiger partial charge in [0.2, 0.25) is 0 Å². The molecule has 1 aliphatic heterocycles. The van der Waals surface area contributed by atoms with Gasteiger partial charge in [0.1, 0.15) is 0 Å². The Morgan fingerprint density at radius 2 is 2.11 bits per heavy atom. The van der Waals surface area contributed by atoms with Crippen molar-refractivity contribution in [2.75, 3.05) is 31.1 Å². The zero-order chi connectivity index (χ0) is 12.4. The summed E-state index contributed by atoms with van der Waals surface area (Å²) in [5, 5.41) is 4.55. The van der Waals surface area contributed by atoms with Crippen LogP contribution in [0.1, 0.15) is 5.56 Å². The van der Waals surface area contributed by atoms with E-state index in [4.69, 9.17) is 5.73 Å². The molecule has 0 radical (unpaired) electrons. The largest absolute Gasteiger partial charge is 0.367 e. The van der Waals surface area contributed by atoms with Crippen molar-refractivity contribution < 1.29 is 0 Å². The van der Waals surface area contributed by atoms with Crippen molar-refractivity contribution >= 4 is 16.6 Å². The molecule has 18 heavy (non-hydrogen) atoms. The van der Waals surface area contributed by atoms with E-state index in [1.165, 1.54) is 11.1 Å². The number of fused-ring (bicyclic) bond motifs is 1. The molecule has 4 heteroatoms. The summed E-state index contributed by atoms with van der Waals surface area (Å²) in [6.07, 6.45) is 1.88. The van der Waals surface area contributed by atoms with Crippen molar-refractivity contribution in [2.45, 2.75) is 6.54 Å². The Morgan fingerprint density at radius 3 is 2.89 bits per heavy atom. The van der Waals surface area contributed by atoms with Gasteiger partial charge in [0.25, 0.3) is 0 Å². The standard InChI is InChI=1S/C14H18N4/c15-9-11-8-12-2-1-3-13(14(12)17-10-11)18-6-4-16-5-7-18/h1-3,8,10,16H,4-7,9,15H2. The maximum Gasteiger partial charge on any atom is 0.0935 e. The minimum absolute atomic E-state index is 0.542. The second-order valence-corrected chi connectivity index (χ2v) is 4.63. The fraction of sp³-hybridized carbons (Fsp3) is 0.357. The molecule has 0 amide bonds. The van der Waals surface area contributed by atoms with Crippen molar-refractivity contribution in [3.8, 4) is 0 Å². The zero-order valence-corrected chi connectivity index (χ0v) is 10.4. The predicted molar refractivity (Wildman–Crippen MR) is 74.7 cm³/mol. The first-order valence-corrected chi connectivity index (χ1v) is 6.42. The molecular weight excluding hydrogens is 224 g/mol. The molecule has 1 aromatic carbocycles. The van der Waals surface area contributed by atoms with Crippen molar-refractivity contribution in [2.24, 2.45) is 5.73 Å². The maximum atomic E-state index is 5.66. The van der Waals surface area contributed by atoms with E-state index in [1.54, 1.807) is 0 Å². The number of nitrogens with one attached hydrogen (secondary N) is 1. The van der Waals surface area contributed by atoms with Gasteiger partial charge < -0.3 is 16.0 Å². The lowest BCUT2D eigenvalue weighted by molar-refractivity contribution is 0.590. The number of nitrogens with two attached hydrogens (primary N) is 1. The van der Waals surface area contributed by atoms with Crippen LogP contribution < -0.4 is 16.0 Å². The van der Waals surface area contributed by atoms with Crippen molar-refractivity contribution in [3.63, 3.8) is 0 Å². The van der Waals surface area contributed by atoms with E-state index < -0.39 is 0 Å².